The molecule has 0 aliphatic heterocycles. The van der Waals surface area contributed by atoms with E-state index >= 15 is 0 Å². The zero-order valence-electron chi connectivity index (χ0n) is 9.67. The van der Waals surface area contributed by atoms with Crippen LogP contribution in [0.25, 0.3) is 11.2 Å². The molecule has 3 heterocycles. The van der Waals surface area contributed by atoms with E-state index in [0.717, 1.165) is 35.4 Å². The molecule has 1 N–H and O–H groups in total. The average Bonchev–Trinajstić information content (AvgIpc) is 3.13. The molecule has 5 nitrogen and oxygen atoms in total. The van der Waals surface area contributed by atoms with Crippen molar-refractivity contribution in [3.8, 4) is 0 Å². The van der Waals surface area contributed by atoms with Crippen LogP contribution in [0, 0.1) is 0 Å². The first-order valence-electron chi connectivity index (χ1n) is 5.95. The number of nitrogens with zero attached hydrogens (tertiary/aromatic N) is 4. The Kier molecular flexibility index (Phi) is 1.81. The Labute approximate surface area is 103 Å². The Balaban J connectivity index is 1.87. The van der Waals surface area contributed by atoms with Crippen molar-refractivity contribution >= 4 is 11.2 Å². The summed E-state index contributed by atoms with van der Waals surface area (Å²) in [4.78, 5) is 20.4. The highest BCUT2D eigenvalue weighted by Gasteiger charge is 2.49. The van der Waals surface area contributed by atoms with Crippen molar-refractivity contribution in [3.63, 3.8) is 0 Å². The van der Waals surface area contributed by atoms with Crippen molar-refractivity contribution in [2.24, 2.45) is 0 Å². The van der Waals surface area contributed by atoms with E-state index in [4.69, 9.17) is 0 Å². The topological polar surface area (TPSA) is 67.3 Å². The van der Waals surface area contributed by atoms with Crippen molar-refractivity contribution in [1.29, 1.82) is 0 Å². The highest BCUT2D eigenvalue weighted by atomic mass is 15.0. The molecule has 1 fully saturated rings. The third kappa shape index (κ3) is 1.27. The van der Waals surface area contributed by atoms with Crippen LogP contribution >= 0.6 is 0 Å². The summed E-state index contributed by atoms with van der Waals surface area (Å²) in [5.41, 5.74) is 2.86. The molecule has 3 aromatic rings. The maximum absolute atomic E-state index is 4.60. The second-order valence-corrected chi connectivity index (χ2v) is 4.67. The van der Waals surface area contributed by atoms with Gasteiger partial charge in [-0.1, -0.05) is 0 Å². The number of rotatable bonds is 2. The van der Waals surface area contributed by atoms with Gasteiger partial charge in [0.15, 0.2) is 5.65 Å². The minimum atomic E-state index is -0.0258. The van der Waals surface area contributed by atoms with E-state index < -0.39 is 0 Å². The Bertz CT molecular complexity index is 666. The van der Waals surface area contributed by atoms with Crippen LogP contribution in [-0.2, 0) is 5.41 Å². The number of fused-ring (bicyclic) bond motifs is 1. The van der Waals surface area contributed by atoms with Crippen LogP contribution in [-0.4, -0.2) is 24.9 Å². The van der Waals surface area contributed by atoms with Gasteiger partial charge in [0.1, 0.15) is 12.2 Å². The Hall–Kier alpha value is -2.30. The van der Waals surface area contributed by atoms with E-state index in [0.29, 0.717) is 0 Å². The highest BCUT2D eigenvalue weighted by molar-refractivity contribution is 5.70. The van der Waals surface area contributed by atoms with Crippen LogP contribution in [0.2, 0.25) is 0 Å². The van der Waals surface area contributed by atoms with E-state index in [1.165, 1.54) is 0 Å². The molecule has 4 rings (SSSR count). The molecule has 3 aromatic heterocycles. The molecule has 1 saturated carbocycles. The summed E-state index contributed by atoms with van der Waals surface area (Å²) in [5.74, 6) is 0.978. The predicted molar refractivity (Wildman–Crippen MR) is 65.9 cm³/mol. The summed E-state index contributed by atoms with van der Waals surface area (Å²) in [6, 6.07) is 3.91. The smallest absolute Gasteiger partial charge is 0.177 e. The van der Waals surface area contributed by atoms with Gasteiger partial charge in [0, 0.05) is 24.2 Å². The first-order valence-corrected chi connectivity index (χ1v) is 5.95. The minimum Gasteiger partial charge on any atom is -0.340 e. The predicted octanol–water partition coefficient (Wildman–Crippen LogP) is 1.83. The maximum Gasteiger partial charge on any atom is 0.177 e. The van der Waals surface area contributed by atoms with Crippen LogP contribution in [0.4, 0.5) is 0 Å². The molecule has 1 aliphatic carbocycles. The number of aromatic amines is 1. The van der Waals surface area contributed by atoms with E-state index in [9.17, 15) is 0 Å². The summed E-state index contributed by atoms with van der Waals surface area (Å²) in [5, 5.41) is 0. The molecular weight excluding hydrogens is 226 g/mol. The Morgan fingerprint density at radius 3 is 2.72 bits per heavy atom. The summed E-state index contributed by atoms with van der Waals surface area (Å²) in [7, 11) is 0. The van der Waals surface area contributed by atoms with E-state index in [1.54, 1.807) is 12.5 Å². The molecule has 0 spiro atoms. The lowest BCUT2D eigenvalue weighted by molar-refractivity contribution is 0.765. The molecule has 5 heteroatoms. The second kappa shape index (κ2) is 3.35. The number of nitrogens with one attached hydrogen (secondary N) is 1. The molecule has 0 radical (unpaired) electrons. The Morgan fingerprint density at radius 1 is 1.17 bits per heavy atom. The quantitative estimate of drug-likeness (QED) is 0.738. The molecule has 0 bridgehead atoms. The third-order valence-corrected chi connectivity index (χ3v) is 3.57. The zero-order chi connectivity index (χ0) is 12.0. The minimum absolute atomic E-state index is 0.0258. The fraction of sp³-hybridized carbons (Fsp3) is 0.231. The van der Waals surface area contributed by atoms with Gasteiger partial charge in [-0.3, -0.25) is 0 Å². The summed E-state index contributed by atoms with van der Waals surface area (Å²) >= 11 is 0. The number of hydrogen-bond donors (Lipinski definition) is 1. The number of imidazole rings is 1. The van der Waals surface area contributed by atoms with Gasteiger partial charge in [-0.25, -0.2) is 19.9 Å². The molecule has 0 atom stereocenters. The van der Waals surface area contributed by atoms with Gasteiger partial charge in [-0.15, -0.1) is 0 Å². The fourth-order valence-electron chi connectivity index (χ4n) is 2.41. The molecule has 0 saturated heterocycles. The lowest BCUT2D eigenvalue weighted by atomic mass is 9.98. The van der Waals surface area contributed by atoms with Gasteiger partial charge < -0.3 is 4.98 Å². The molecule has 1 aliphatic rings. The van der Waals surface area contributed by atoms with Gasteiger partial charge in [-0.2, -0.15) is 0 Å². The SMILES string of the molecule is c1cnc2nc(C3(c4cncnc4)CC3)[nH]c2c1. The largest absolute Gasteiger partial charge is 0.340 e. The first-order chi connectivity index (χ1) is 8.88. The summed E-state index contributed by atoms with van der Waals surface area (Å²) in [6.45, 7) is 0. The van der Waals surface area contributed by atoms with Crippen molar-refractivity contribution in [2.75, 3.05) is 0 Å². The number of H-pyrrole nitrogens is 1. The van der Waals surface area contributed by atoms with E-state index in [2.05, 4.69) is 24.9 Å². The Morgan fingerprint density at radius 2 is 2.00 bits per heavy atom. The fourth-order valence-corrected chi connectivity index (χ4v) is 2.41. The van der Waals surface area contributed by atoms with Crippen molar-refractivity contribution in [3.05, 3.63) is 48.4 Å². The maximum atomic E-state index is 4.60. The van der Waals surface area contributed by atoms with Crippen LogP contribution < -0.4 is 0 Å². The lowest BCUT2D eigenvalue weighted by Crippen LogP contribution is -2.11. The third-order valence-electron chi connectivity index (χ3n) is 3.57. The summed E-state index contributed by atoms with van der Waals surface area (Å²) < 4.78 is 0. The molecule has 0 aromatic carbocycles. The normalized spacial score (nSPS) is 16.9. The number of aromatic nitrogens is 5. The zero-order valence-corrected chi connectivity index (χ0v) is 9.67. The van der Waals surface area contributed by atoms with Crippen molar-refractivity contribution < 1.29 is 0 Å². The molecule has 0 amide bonds. The molecule has 88 valence electrons. The average molecular weight is 237 g/mol. The molecular formula is C13H11N5. The van der Waals surface area contributed by atoms with Crippen molar-refractivity contribution in [2.45, 2.75) is 18.3 Å². The van der Waals surface area contributed by atoms with Gasteiger partial charge >= 0.3 is 0 Å². The first kappa shape index (κ1) is 9.70. The van der Waals surface area contributed by atoms with Crippen LogP contribution in [0.15, 0.2) is 37.1 Å². The number of pyridine rings is 1. The van der Waals surface area contributed by atoms with Crippen LogP contribution in [0.5, 0.6) is 0 Å². The highest BCUT2D eigenvalue weighted by Crippen LogP contribution is 2.52. The molecule has 18 heavy (non-hydrogen) atoms. The van der Waals surface area contributed by atoms with Gasteiger partial charge in [0.25, 0.3) is 0 Å². The monoisotopic (exact) mass is 237 g/mol. The van der Waals surface area contributed by atoms with Gasteiger partial charge in [0.2, 0.25) is 0 Å². The van der Waals surface area contributed by atoms with Crippen LogP contribution in [0.1, 0.15) is 24.2 Å². The van der Waals surface area contributed by atoms with Crippen LogP contribution in [0.3, 0.4) is 0 Å². The van der Waals surface area contributed by atoms with Gasteiger partial charge in [-0.05, 0) is 25.0 Å². The summed E-state index contributed by atoms with van der Waals surface area (Å²) in [6.07, 6.45) is 9.24. The molecule has 0 unspecified atom stereocenters. The standard InChI is InChI=1S/C13H11N5/c1-2-10-11(16-5-1)18-12(17-10)13(3-4-13)9-6-14-8-15-7-9/h1-2,5-8H,3-4H2,(H,16,17,18). The van der Waals surface area contributed by atoms with Gasteiger partial charge in [0.05, 0.1) is 10.9 Å². The number of hydrogen-bond acceptors (Lipinski definition) is 4. The lowest BCUT2D eigenvalue weighted by Gasteiger charge is -2.10. The van der Waals surface area contributed by atoms with E-state index in [1.807, 2.05) is 24.5 Å². The second-order valence-electron chi connectivity index (χ2n) is 4.67. The van der Waals surface area contributed by atoms with E-state index in [-0.39, 0.29) is 5.41 Å². The van der Waals surface area contributed by atoms with Crippen molar-refractivity contribution in [1.82, 2.24) is 24.9 Å².